The van der Waals surface area contributed by atoms with E-state index in [1.165, 1.54) is 17.6 Å². The summed E-state index contributed by atoms with van der Waals surface area (Å²) < 4.78 is 39.2. The highest BCUT2D eigenvalue weighted by molar-refractivity contribution is 7.89. The minimum absolute atomic E-state index is 0.00248. The average molecular weight is 518 g/mol. The van der Waals surface area contributed by atoms with E-state index in [0.29, 0.717) is 46.1 Å². The van der Waals surface area contributed by atoms with E-state index in [0.717, 1.165) is 11.1 Å². The van der Waals surface area contributed by atoms with Crippen molar-refractivity contribution in [3.8, 4) is 0 Å². The fourth-order valence-electron chi connectivity index (χ4n) is 4.11. The van der Waals surface area contributed by atoms with Gasteiger partial charge < -0.3 is 14.8 Å². The summed E-state index contributed by atoms with van der Waals surface area (Å²) in [6.45, 7) is 7.06. The number of benzene rings is 2. The number of nitrogens with zero attached hydrogens (tertiary/aromatic N) is 2. The van der Waals surface area contributed by atoms with Gasteiger partial charge in [0, 0.05) is 29.7 Å². The first-order valence-corrected chi connectivity index (χ1v) is 13.1. The van der Waals surface area contributed by atoms with Crippen LogP contribution in [0.25, 0.3) is 10.9 Å². The number of nitrogens with one attached hydrogen (secondary N) is 1. The highest BCUT2D eigenvalue weighted by atomic mass is 35.5. The number of hydrogen-bond donors (Lipinski definition) is 1. The van der Waals surface area contributed by atoms with Gasteiger partial charge in [-0.25, -0.2) is 13.2 Å². The van der Waals surface area contributed by atoms with Crippen LogP contribution in [0.4, 0.5) is 11.4 Å². The van der Waals surface area contributed by atoms with Gasteiger partial charge in [0.25, 0.3) is 0 Å². The molecule has 0 unspecified atom stereocenters. The first kappa shape index (κ1) is 25.4. The molecular weight excluding hydrogens is 490 g/mol. The van der Waals surface area contributed by atoms with Crippen molar-refractivity contribution in [2.75, 3.05) is 38.7 Å². The number of ether oxygens (including phenoxy) is 2. The number of morpholine rings is 1. The smallest absolute Gasteiger partial charge is 0.339 e. The van der Waals surface area contributed by atoms with Crippen LogP contribution in [0, 0.1) is 6.92 Å². The van der Waals surface area contributed by atoms with Gasteiger partial charge in [0.2, 0.25) is 10.0 Å². The third kappa shape index (κ3) is 4.99. The summed E-state index contributed by atoms with van der Waals surface area (Å²) in [7, 11) is -2.60. The van der Waals surface area contributed by atoms with Crippen molar-refractivity contribution in [2.45, 2.75) is 31.6 Å². The minimum Gasteiger partial charge on any atom is -0.465 e. The van der Waals surface area contributed by atoms with Gasteiger partial charge in [-0.05, 0) is 48.2 Å². The van der Waals surface area contributed by atoms with Crippen LogP contribution >= 0.6 is 11.6 Å². The Kier molecular flexibility index (Phi) is 7.32. The summed E-state index contributed by atoms with van der Waals surface area (Å²) in [5.74, 6) is -0.337. The molecule has 1 aliphatic rings. The Hall–Kier alpha value is -2.72. The molecule has 2 aromatic carbocycles. The average Bonchev–Trinajstić information content (AvgIpc) is 2.84. The molecule has 1 aromatic heterocycles. The van der Waals surface area contributed by atoms with E-state index in [9.17, 15) is 13.2 Å². The zero-order chi connectivity index (χ0) is 25.3. The number of hydrogen-bond acceptors (Lipinski definition) is 7. The van der Waals surface area contributed by atoms with Crippen molar-refractivity contribution in [2.24, 2.45) is 0 Å². The van der Waals surface area contributed by atoms with Crippen molar-refractivity contribution < 1.29 is 22.7 Å². The number of fused-ring (bicyclic) bond motifs is 1. The van der Waals surface area contributed by atoms with Crippen LogP contribution in [0.1, 0.15) is 41.3 Å². The largest absolute Gasteiger partial charge is 0.465 e. The lowest BCUT2D eigenvalue weighted by Gasteiger charge is -2.27. The number of aryl methyl sites for hydroxylation is 1. The topological polar surface area (TPSA) is 97.8 Å². The molecule has 0 atom stereocenters. The maximum absolute atomic E-state index is 13.7. The molecule has 3 aromatic rings. The van der Waals surface area contributed by atoms with E-state index >= 15 is 0 Å². The van der Waals surface area contributed by atoms with Gasteiger partial charge in [0.15, 0.2) is 0 Å². The van der Waals surface area contributed by atoms with E-state index in [1.54, 1.807) is 24.3 Å². The van der Waals surface area contributed by atoms with Crippen LogP contribution in [0.3, 0.4) is 0 Å². The number of methoxy groups -OCH3 is 1. The number of aromatic nitrogens is 1. The zero-order valence-corrected chi connectivity index (χ0v) is 21.7. The molecule has 35 heavy (non-hydrogen) atoms. The van der Waals surface area contributed by atoms with Crippen molar-refractivity contribution >= 4 is 49.9 Å². The van der Waals surface area contributed by atoms with E-state index in [2.05, 4.69) is 10.3 Å². The highest BCUT2D eigenvalue weighted by Crippen LogP contribution is 2.38. The van der Waals surface area contributed by atoms with E-state index < -0.39 is 16.0 Å². The Balaban J connectivity index is 1.96. The molecule has 1 saturated heterocycles. The van der Waals surface area contributed by atoms with Gasteiger partial charge in [0.1, 0.15) is 4.90 Å². The maximum atomic E-state index is 13.7. The second-order valence-electron chi connectivity index (χ2n) is 8.71. The number of carbonyl (C=O) groups excluding carboxylic acids is 1. The van der Waals surface area contributed by atoms with Crippen LogP contribution in [-0.2, 0) is 19.5 Å². The number of esters is 1. The molecule has 1 N–H and O–H groups in total. The quantitative estimate of drug-likeness (QED) is 0.466. The normalized spacial score (nSPS) is 14.9. The molecule has 0 amide bonds. The summed E-state index contributed by atoms with van der Waals surface area (Å²) in [5, 5.41) is 4.23. The van der Waals surface area contributed by atoms with E-state index in [1.807, 2.05) is 26.8 Å². The van der Waals surface area contributed by atoms with Crippen LogP contribution in [0.15, 0.2) is 41.4 Å². The van der Waals surface area contributed by atoms with Gasteiger partial charge in [0.05, 0.1) is 42.8 Å². The van der Waals surface area contributed by atoms with Gasteiger partial charge in [-0.15, -0.1) is 0 Å². The molecule has 0 spiro atoms. The fraction of sp³-hybridized carbons (Fsp3) is 0.360. The minimum atomic E-state index is -3.92. The van der Waals surface area contributed by atoms with Gasteiger partial charge >= 0.3 is 5.97 Å². The number of anilines is 2. The fourth-order valence-corrected chi connectivity index (χ4v) is 5.79. The second-order valence-corrected chi connectivity index (χ2v) is 11.0. The highest BCUT2D eigenvalue weighted by Gasteiger charge is 2.31. The first-order chi connectivity index (χ1) is 16.6. The molecule has 2 heterocycles. The lowest BCUT2D eigenvalue weighted by atomic mass is 9.96. The van der Waals surface area contributed by atoms with E-state index in [-0.39, 0.29) is 23.9 Å². The standard InChI is InChI=1S/C25H28ClN3O5S/c1-15(2)17-11-16(3)23(20(12-17)25(30)33-4)28-24-19-13-18(26)5-6-21(19)27-14-22(24)35(31,32)29-7-9-34-10-8-29/h5-6,11-15H,7-10H2,1-4H3,(H,27,28). The van der Waals surface area contributed by atoms with Crippen LogP contribution < -0.4 is 5.32 Å². The van der Waals surface area contributed by atoms with Crippen molar-refractivity contribution in [1.29, 1.82) is 0 Å². The lowest BCUT2D eigenvalue weighted by Crippen LogP contribution is -2.40. The Labute approximate surface area is 210 Å². The molecule has 0 aliphatic carbocycles. The Morgan fingerprint density at radius 2 is 1.89 bits per heavy atom. The third-order valence-electron chi connectivity index (χ3n) is 6.06. The van der Waals surface area contributed by atoms with Crippen LogP contribution in [0.5, 0.6) is 0 Å². The molecule has 186 valence electrons. The maximum Gasteiger partial charge on any atom is 0.339 e. The summed E-state index contributed by atoms with van der Waals surface area (Å²) >= 11 is 6.29. The molecule has 10 heteroatoms. The lowest BCUT2D eigenvalue weighted by molar-refractivity contribution is 0.0601. The molecule has 1 fully saturated rings. The molecule has 4 rings (SSSR count). The van der Waals surface area contributed by atoms with Crippen molar-refractivity contribution in [3.05, 3.63) is 58.2 Å². The molecular formula is C25H28ClN3O5S. The summed E-state index contributed by atoms with van der Waals surface area (Å²) in [5.41, 5.74) is 3.39. The number of rotatable bonds is 6. The van der Waals surface area contributed by atoms with Crippen molar-refractivity contribution in [1.82, 2.24) is 9.29 Å². The predicted octanol–water partition coefficient (Wildman–Crippen LogP) is 4.87. The Morgan fingerprint density at radius 1 is 1.17 bits per heavy atom. The number of pyridine rings is 1. The summed E-state index contributed by atoms with van der Waals surface area (Å²) in [4.78, 5) is 17.2. The second kappa shape index (κ2) is 10.1. The van der Waals surface area contributed by atoms with Gasteiger partial charge in [-0.3, -0.25) is 4.98 Å². The van der Waals surface area contributed by atoms with Crippen LogP contribution in [-0.4, -0.2) is 57.1 Å². The SMILES string of the molecule is COC(=O)c1cc(C(C)C)cc(C)c1Nc1c(S(=O)(=O)N2CCOCC2)cnc2ccc(Cl)cc12. The summed E-state index contributed by atoms with van der Waals surface area (Å²) in [6, 6.07) is 8.84. The monoisotopic (exact) mass is 517 g/mol. The van der Waals surface area contributed by atoms with E-state index in [4.69, 9.17) is 21.1 Å². The van der Waals surface area contributed by atoms with Gasteiger partial charge in [-0.1, -0.05) is 31.5 Å². The molecule has 1 aliphatic heterocycles. The third-order valence-corrected chi connectivity index (χ3v) is 8.21. The Morgan fingerprint density at radius 3 is 2.54 bits per heavy atom. The van der Waals surface area contributed by atoms with Crippen molar-refractivity contribution in [3.63, 3.8) is 0 Å². The van der Waals surface area contributed by atoms with Crippen LogP contribution in [0.2, 0.25) is 5.02 Å². The number of sulfonamides is 1. The Bertz CT molecular complexity index is 1390. The molecule has 0 bridgehead atoms. The molecule has 0 radical (unpaired) electrons. The molecule has 0 saturated carbocycles. The first-order valence-electron chi connectivity index (χ1n) is 11.3. The zero-order valence-electron chi connectivity index (χ0n) is 20.1. The number of halogens is 1. The predicted molar refractivity (Wildman–Crippen MR) is 136 cm³/mol. The van der Waals surface area contributed by atoms with Gasteiger partial charge in [-0.2, -0.15) is 4.31 Å². The molecule has 8 nitrogen and oxygen atoms in total. The summed E-state index contributed by atoms with van der Waals surface area (Å²) in [6.07, 6.45) is 1.35. The number of carbonyl (C=O) groups is 1.